The first-order valence-electron chi connectivity index (χ1n) is 7.39. The maximum atomic E-state index is 8.25. The van der Waals surface area contributed by atoms with Crippen molar-refractivity contribution in [2.24, 2.45) is 0 Å². The Labute approximate surface area is 135 Å². The van der Waals surface area contributed by atoms with E-state index >= 15 is 0 Å². The number of ether oxygens (including phenoxy) is 1. The second kappa shape index (κ2) is 7.98. The van der Waals surface area contributed by atoms with E-state index in [4.69, 9.17) is 14.6 Å². The summed E-state index contributed by atoms with van der Waals surface area (Å²) in [7, 11) is 1.71. The van der Waals surface area contributed by atoms with Gasteiger partial charge in [0.2, 0.25) is 6.33 Å². The van der Waals surface area contributed by atoms with Gasteiger partial charge in [-0.1, -0.05) is 30.3 Å². The van der Waals surface area contributed by atoms with Gasteiger partial charge in [0.05, 0.1) is 13.7 Å². The molecule has 3 aromatic rings. The number of carboxylic acid groups (broad SMARTS) is 1. The van der Waals surface area contributed by atoms with Crippen LogP contribution in [0.2, 0.25) is 0 Å². The third-order valence-electron chi connectivity index (χ3n) is 3.62. The van der Waals surface area contributed by atoms with Crippen molar-refractivity contribution in [2.75, 3.05) is 7.11 Å². The van der Waals surface area contributed by atoms with Crippen LogP contribution in [0.1, 0.15) is 12.5 Å². The lowest BCUT2D eigenvalue weighted by molar-refractivity contribution is -0.663. The highest BCUT2D eigenvalue weighted by atomic mass is 16.5. The normalized spacial score (nSPS) is 10.0. The number of hydrogen-bond donors (Lipinski definition) is 0. The maximum absolute atomic E-state index is 8.25. The van der Waals surface area contributed by atoms with Gasteiger partial charge in [0.25, 0.3) is 0 Å². The van der Waals surface area contributed by atoms with Crippen LogP contribution in [-0.4, -0.2) is 18.1 Å². The maximum Gasteiger partial charge on any atom is 0.245 e. The number of carbonyl (C=O) groups is 1. The van der Waals surface area contributed by atoms with Crippen molar-refractivity contribution in [3.8, 4) is 5.75 Å². The minimum Gasteiger partial charge on any atom is -0.554 e. The summed E-state index contributed by atoms with van der Waals surface area (Å²) in [5, 5.41) is 8.25. The molecule has 0 aliphatic rings. The third kappa shape index (κ3) is 3.88. The molecule has 0 aliphatic carbocycles. The Morgan fingerprint density at radius 3 is 2.52 bits per heavy atom. The molecule has 0 saturated carbocycles. The largest absolute Gasteiger partial charge is 0.554 e. The summed E-state index contributed by atoms with van der Waals surface area (Å²) < 4.78 is 9.86. The molecule has 0 N–H and O–H groups in total. The quantitative estimate of drug-likeness (QED) is 0.540. The highest BCUT2D eigenvalue weighted by molar-refractivity contribution is 5.73. The lowest BCUT2D eigenvalue weighted by Gasteiger charge is -2.00. The van der Waals surface area contributed by atoms with Gasteiger partial charge in [-0.15, -0.1) is 0 Å². The van der Waals surface area contributed by atoms with E-state index in [1.807, 2.05) is 12.1 Å². The Balaban J connectivity index is 0.000000595. The summed E-state index contributed by atoms with van der Waals surface area (Å²) in [6, 6.07) is 16.8. The molecule has 0 amide bonds. The fraction of sp³-hybridized carbons (Fsp3) is 0.222. The Morgan fingerprint density at radius 1 is 1.22 bits per heavy atom. The number of aromatic nitrogens is 2. The summed E-state index contributed by atoms with van der Waals surface area (Å²) in [6.45, 7) is 3.49. The Hall–Kier alpha value is -2.82. The van der Waals surface area contributed by atoms with Crippen LogP contribution >= 0.6 is 0 Å². The summed E-state index contributed by atoms with van der Waals surface area (Å²) in [5.74, 6) is 0.900. The van der Waals surface area contributed by atoms with Crippen LogP contribution in [-0.2, 0) is 17.9 Å². The van der Waals surface area contributed by atoms with Gasteiger partial charge >= 0.3 is 0 Å². The SMILES string of the molecule is CCn1c[n+](Cc2ccccc2)c2ccc(OC)cc21.O=C[O-]. The first kappa shape index (κ1) is 16.5. The Morgan fingerprint density at radius 2 is 1.91 bits per heavy atom. The van der Waals surface area contributed by atoms with Gasteiger partial charge in [0.1, 0.15) is 12.3 Å². The summed E-state index contributed by atoms with van der Waals surface area (Å²) in [4.78, 5) is 8.25. The van der Waals surface area contributed by atoms with Crippen LogP contribution in [0.3, 0.4) is 0 Å². The molecule has 0 unspecified atom stereocenters. The molecule has 0 spiro atoms. The van der Waals surface area contributed by atoms with Crippen molar-refractivity contribution in [3.63, 3.8) is 0 Å². The van der Waals surface area contributed by atoms with Crippen LogP contribution in [0.5, 0.6) is 5.75 Å². The number of carbonyl (C=O) groups excluding carboxylic acids is 1. The van der Waals surface area contributed by atoms with Crippen molar-refractivity contribution in [1.29, 1.82) is 0 Å². The molecular formula is C18H20N2O3. The molecule has 0 saturated heterocycles. The number of imidazole rings is 1. The highest BCUT2D eigenvalue weighted by Crippen LogP contribution is 2.19. The van der Waals surface area contributed by atoms with Crippen LogP contribution in [0.15, 0.2) is 54.9 Å². The van der Waals surface area contributed by atoms with E-state index in [9.17, 15) is 0 Å². The summed E-state index contributed by atoms with van der Waals surface area (Å²) >= 11 is 0. The molecule has 0 bridgehead atoms. The number of aryl methyl sites for hydroxylation is 1. The number of benzene rings is 2. The number of hydrogen-bond acceptors (Lipinski definition) is 3. The molecule has 0 atom stereocenters. The molecular weight excluding hydrogens is 292 g/mol. The Bertz CT molecular complexity index is 767. The highest BCUT2D eigenvalue weighted by Gasteiger charge is 2.15. The molecule has 0 radical (unpaired) electrons. The van der Waals surface area contributed by atoms with E-state index in [0.29, 0.717) is 0 Å². The van der Waals surface area contributed by atoms with Crippen LogP contribution in [0.25, 0.3) is 11.0 Å². The molecule has 3 rings (SSSR count). The second-order valence-electron chi connectivity index (χ2n) is 4.97. The van der Waals surface area contributed by atoms with Crippen molar-refractivity contribution in [3.05, 3.63) is 60.4 Å². The number of methoxy groups -OCH3 is 1. The van der Waals surface area contributed by atoms with Crippen molar-refractivity contribution in [2.45, 2.75) is 20.0 Å². The average Bonchev–Trinajstić information content (AvgIpc) is 2.93. The lowest BCUT2D eigenvalue weighted by atomic mass is 10.2. The summed E-state index contributed by atoms with van der Waals surface area (Å²) in [6.07, 6.45) is 2.18. The zero-order valence-corrected chi connectivity index (χ0v) is 13.3. The van der Waals surface area contributed by atoms with Crippen molar-refractivity contribution >= 4 is 17.5 Å². The molecule has 1 aromatic heterocycles. The van der Waals surface area contributed by atoms with Crippen molar-refractivity contribution in [1.82, 2.24) is 4.57 Å². The number of rotatable bonds is 4. The van der Waals surface area contributed by atoms with Gasteiger partial charge in [-0.05, 0) is 24.6 Å². The molecule has 0 aliphatic heterocycles. The molecule has 23 heavy (non-hydrogen) atoms. The van der Waals surface area contributed by atoms with E-state index < -0.39 is 6.47 Å². The molecule has 0 fully saturated rings. The molecule has 2 aromatic carbocycles. The topological polar surface area (TPSA) is 58.2 Å². The van der Waals surface area contributed by atoms with Gasteiger partial charge in [-0.25, -0.2) is 9.13 Å². The Kier molecular flexibility index (Phi) is 5.74. The monoisotopic (exact) mass is 312 g/mol. The zero-order valence-electron chi connectivity index (χ0n) is 13.3. The van der Waals surface area contributed by atoms with E-state index in [0.717, 1.165) is 18.8 Å². The van der Waals surface area contributed by atoms with E-state index in [2.05, 4.69) is 58.8 Å². The van der Waals surface area contributed by atoms with Crippen LogP contribution in [0, 0.1) is 0 Å². The lowest BCUT2D eigenvalue weighted by Crippen LogP contribution is -2.32. The fourth-order valence-electron chi connectivity index (χ4n) is 2.55. The smallest absolute Gasteiger partial charge is 0.245 e. The number of fused-ring (bicyclic) bond motifs is 1. The van der Waals surface area contributed by atoms with Gasteiger partial charge < -0.3 is 14.6 Å². The first-order valence-corrected chi connectivity index (χ1v) is 7.39. The van der Waals surface area contributed by atoms with E-state index in [1.54, 1.807) is 7.11 Å². The van der Waals surface area contributed by atoms with Crippen molar-refractivity contribution < 1.29 is 19.2 Å². The average molecular weight is 312 g/mol. The first-order chi connectivity index (χ1) is 11.2. The van der Waals surface area contributed by atoms with E-state index in [-0.39, 0.29) is 0 Å². The summed E-state index contributed by atoms with van der Waals surface area (Å²) in [5.41, 5.74) is 3.75. The van der Waals surface area contributed by atoms with Crippen LogP contribution in [0.4, 0.5) is 0 Å². The van der Waals surface area contributed by atoms with Crippen LogP contribution < -0.4 is 14.4 Å². The van der Waals surface area contributed by atoms with Gasteiger partial charge in [0, 0.05) is 12.5 Å². The third-order valence-corrected chi connectivity index (χ3v) is 3.62. The molecule has 120 valence electrons. The van der Waals surface area contributed by atoms with Gasteiger partial charge in [0.15, 0.2) is 11.0 Å². The minimum atomic E-state index is -0.500. The molecule has 5 nitrogen and oxygen atoms in total. The van der Waals surface area contributed by atoms with E-state index in [1.165, 1.54) is 16.6 Å². The van der Waals surface area contributed by atoms with Gasteiger partial charge in [-0.2, -0.15) is 0 Å². The zero-order chi connectivity index (χ0) is 16.7. The van der Waals surface area contributed by atoms with Gasteiger partial charge in [-0.3, -0.25) is 0 Å². The standard InChI is InChI=1S/C17H19N2O.CH2O2/c1-3-18-13-19(12-14-7-5-4-6-8-14)16-10-9-15(20-2)11-17(16)18;2-1-3/h4-11,13H,3,12H2,1-2H3;1H,(H,2,3)/q+1;/p-1. The minimum absolute atomic E-state index is 0.500. The molecule has 5 heteroatoms. The fourth-order valence-corrected chi connectivity index (χ4v) is 2.55. The predicted octanol–water partition coefficient (Wildman–Crippen LogP) is 1.37. The predicted molar refractivity (Wildman–Crippen MR) is 86.0 cm³/mol. The second-order valence-corrected chi connectivity index (χ2v) is 4.97. The number of nitrogens with zero attached hydrogens (tertiary/aromatic N) is 2. The molecule has 1 heterocycles.